The van der Waals surface area contributed by atoms with E-state index < -0.39 is 10.0 Å². The van der Waals surface area contributed by atoms with Gasteiger partial charge in [0.15, 0.2) is 6.61 Å². The lowest BCUT2D eigenvalue weighted by Gasteiger charge is -2.10. The number of nitrogens with one attached hydrogen (secondary N) is 2. The van der Waals surface area contributed by atoms with Gasteiger partial charge >= 0.3 is 0 Å². The van der Waals surface area contributed by atoms with Crippen molar-refractivity contribution in [2.24, 2.45) is 5.92 Å². The van der Waals surface area contributed by atoms with Gasteiger partial charge in [-0.25, -0.2) is 13.1 Å². The summed E-state index contributed by atoms with van der Waals surface area (Å²) in [4.78, 5) is 12.0. The summed E-state index contributed by atoms with van der Waals surface area (Å²) in [5, 5.41) is 3.38. The Balaban J connectivity index is 1.82. The van der Waals surface area contributed by atoms with E-state index in [1.54, 1.807) is 12.1 Å². The van der Waals surface area contributed by atoms with E-state index in [-0.39, 0.29) is 23.3 Å². The minimum absolute atomic E-state index is 0.155. The van der Waals surface area contributed by atoms with Crippen molar-refractivity contribution in [2.75, 3.05) is 13.2 Å². The third kappa shape index (κ3) is 7.21. The minimum Gasteiger partial charge on any atom is -0.484 e. The minimum atomic E-state index is -3.54. The first-order valence-electron chi connectivity index (χ1n) is 8.50. The molecule has 0 aromatic heterocycles. The number of carbonyl (C=O) groups excluding carboxylic acids is 1. The summed E-state index contributed by atoms with van der Waals surface area (Å²) < 4.78 is 32.2. The maximum absolute atomic E-state index is 12.1. The van der Waals surface area contributed by atoms with Gasteiger partial charge in [-0.2, -0.15) is 0 Å². The van der Waals surface area contributed by atoms with Crippen LogP contribution >= 0.6 is 11.6 Å². The van der Waals surface area contributed by atoms with Crippen LogP contribution in [0.15, 0.2) is 53.4 Å². The van der Waals surface area contributed by atoms with E-state index in [9.17, 15) is 13.2 Å². The Bertz CT molecular complexity index is 850. The van der Waals surface area contributed by atoms with Crippen LogP contribution in [0.3, 0.4) is 0 Å². The first-order chi connectivity index (χ1) is 12.8. The number of rotatable bonds is 9. The molecular formula is C19H23ClN2O4S. The van der Waals surface area contributed by atoms with Gasteiger partial charge in [-0.3, -0.25) is 4.79 Å². The number of hydrogen-bond donors (Lipinski definition) is 2. The van der Waals surface area contributed by atoms with Gasteiger partial charge in [-0.1, -0.05) is 37.6 Å². The molecular weight excluding hydrogens is 388 g/mol. The summed E-state index contributed by atoms with van der Waals surface area (Å²) in [7, 11) is -3.54. The molecule has 0 saturated heterocycles. The fourth-order valence-corrected chi connectivity index (χ4v) is 3.42. The molecule has 6 nitrogen and oxygen atoms in total. The summed E-state index contributed by atoms with van der Waals surface area (Å²) in [6.45, 7) is 4.44. The predicted molar refractivity (Wildman–Crippen MR) is 105 cm³/mol. The van der Waals surface area contributed by atoms with Crippen LogP contribution in [-0.4, -0.2) is 27.5 Å². The fourth-order valence-electron chi connectivity index (χ4n) is 2.08. The molecule has 0 spiro atoms. The average molecular weight is 411 g/mol. The van der Waals surface area contributed by atoms with E-state index >= 15 is 0 Å². The summed E-state index contributed by atoms with van der Waals surface area (Å²) >= 11 is 5.81. The lowest BCUT2D eigenvalue weighted by molar-refractivity contribution is -0.123. The van der Waals surface area contributed by atoms with E-state index in [0.29, 0.717) is 23.9 Å². The Hall–Kier alpha value is -2.09. The van der Waals surface area contributed by atoms with Gasteiger partial charge in [-0.05, 0) is 47.9 Å². The topological polar surface area (TPSA) is 84.5 Å². The van der Waals surface area contributed by atoms with Gasteiger partial charge in [0.2, 0.25) is 10.0 Å². The average Bonchev–Trinajstić information content (AvgIpc) is 2.65. The Labute approximate surface area is 164 Å². The van der Waals surface area contributed by atoms with Crippen LogP contribution < -0.4 is 14.8 Å². The Morgan fingerprint density at radius 1 is 1.07 bits per heavy atom. The van der Waals surface area contributed by atoms with Gasteiger partial charge in [0.25, 0.3) is 5.91 Å². The first kappa shape index (κ1) is 21.2. The summed E-state index contributed by atoms with van der Waals surface area (Å²) in [5.41, 5.74) is 0.927. The summed E-state index contributed by atoms with van der Waals surface area (Å²) in [6.07, 6.45) is 0. The van der Waals surface area contributed by atoms with Crippen LogP contribution in [0.2, 0.25) is 5.02 Å². The molecule has 0 unspecified atom stereocenters. The molecule has 1 amide bonds. The molecule has 27 heavy (non-hydrogen) atoms. The van der Waals surface area contributed by atoms with Crippen molar-refractivity contribution >= 4 is 27.5 Å². The van der Waals surface area contributed by atoms with Gasteiger partial charge in [0.05, 0.1) is 4.90 Å². The van der Waals surface area contributed by atoms with Crippen LogP contribution in [0.5, 0.6) is 5.75 Å². The van der Waals surface area contributed by atoms with Crippen LogP contribution in [0.25, 0.3) is 0 Å². The SMILES string of the molecule is CC(C)CNS(=O)(=O)c1ccc(OCC(=O)NCc2ccc(Cl)cc2)cc1. The molecule has 0 heterocycles. The zero-order valence-corrected chi connectivity index (χ0v) is 16.8. The molecule has 2 aromatic rings. The van der Waals surface area contributed by atoms with E-state index in [2.05, 4.69) is 10.0 Å². The van der Waals surface area contributed by atoms with Gasteiger partial charge < -0.3 is 10.1 Å². The number of amides is 1. The second-order valence-corrected chi connectivity index (χ2v) is 8.61. The highest BCUT2D eigenvalue weighted by atomic mass is 35.5. The zero-order chi connectivity index (χ0) is 19.9. The van der Waals surface area contributed by atoms with Gasteiger partial charge in [-0.15, -0.1) is 0 Å². The largest absolute Gasteiger partial charge is 0.484 e. The third-order valence-electron chi connectivity index (χ3n) is 3.59. The normalized spacial score (nSPS) is 11.4. The lowest BCUT2D eigenvalue weighted by atomic mass is 10.2. The highest BCUT2D eigenvalue weighted by molar-refractivity contribution is 7.89. The third-order valence-corrected chi connectivity index (χ3v) is 5.28. The lowest BCUT2D eigenvalue weighted by Crippen LogP contribution is -2.28. The predicted octanol–water partition coefficient (Wildman–Crippen LogP) is 2.97. The van der Waals surface area contributed by atoms with Crippen LogP contribution in [0, 0.1) is 5.92 Å². The van der Waals surface area contributed by atoms with Gasteiger partial charge in [0, 0.05) is 18.1 Å². The molecule has 0 aliphatic rings. The molecule has 0 fully saturated rings. The second-order valence-electron chi connectivity index (χ2n) is 6.41. The summed E-state index contributed by atoms with van der Waals surface area (Å²) in [6, 6.07) is 13.1. The van der Waals surface area contributed by atoms with Gasteiger partial charge in [0.1, 0.15) is 5.75 Å². The van der Waals surface area contributed by atoms with Crippen molar-refractivity contribution in [3.63, 3.8) is 0 Å². The van der Waals surface area contributed by atoms with E-state index in [1.165, 1.54) is 24.3 Å². The Kier molecular flexibility index (Phi) is 7.65. The standard InChI is InChI=1S/C19H23ClN2O4S/c1-14(2)11-22-27(24,25)18-9-7-17(8-10-18)26-13-19(23)21-12-15-3-5-16(20)6-4-15/h3-10,14,22H,11-13H2,1-2H3,(H,21,23). The van der Waals surface area contributed by atoms with Crippen molar-refractivity contribution in [3.05, 3.63) is 59.1 Å². The first-order valence-corrected chi connectivity index (χ1v) is 10.4. The highest BCUT2D eigenvalue weighted by Crippen LogP contribution is 2.16. The Morgan fingerprint density at radius 2 is 1.70 bits per heavy atom. The fraction of sp³-hybridized carbons (Fsp3) is 0.316. The molecule has 0 bridgehead atoms. The molecule has 2 N–H and O–H groups in total. The van der Waals surface area contributed by atoms with Crippen LogP contribution in [-0.2, 0) is 21.4 Å². The zero-order valence-electron chi connectivity index (χ0n) is 15.2. The number of halogens is 1. The molecule has 8 heteroatoms. The Morgan fingerprint density at radius 3 is 2.30 bits per heavy atom. The summed E-state index contributed by atoms with van der Waals surface area (Å²) in [5.74, 6) is 0.355. The maximum atomic E-state index is 12.1. The molecule has 0 saturated carbocycles. The number of carbonyl (C=O) groups is 1. The molecule has 0 atom stereocenters. The molecule has 146 valence electrons. The van der Waals surface area contributed by atoms with Crippen molar-refractivity contribution in [2.45, 2.75) is 25.3 Å². The molecule has 0 radical (unpaired) electrons. The van der Waals surface area contributed by atoms with E-state index in [4.69, 9.17) is 16.3 Å². The monoisotopic (exact) mass is 410 g/mol. The van der Waals surface area contributed by atoms with Crippen LogP contribution in [0.1, 0.15) is 19.4 Å². The van der Waals surface area contributed by atoms with E-state index in [1.807, 2.05) is 26.0 Å². The molecule has 0 aliphatic heterocycles. The van der Waals surface area contributed by atoms with Crippen LogP contribution in [0.4, 0.5) is 0 Å². The van der Waals surface area contributed by atoms with Crippen molar-refractivity contribution < 1.29 is 17.9 Å². The smallest absolute Gasteiger partial charge is 0.258 e. The van der Waals surface area contributed by atoms with Crippen molar-refractivity contribution in [3.8, 4) is 5.75 Å². The number of sulfonamides is 1. The number of ether oxygens (including phenoxy) is 1. The molecule has 2 rings (SSSR count). The number of hydrogen-bond acceptors (Lipinski definition) is 4. The maximum Gasteiger partial charge on any atom is 0.258 e. The van der Waals surface area contributed by atoms with Crippen molar-refractivity contribution in [1.82, 2.24) is 10.0 Å². The quantitative estimate of drug-likeness (QED) is 0.665. The molecule has 0 aliphatic carbocycles. The molecule has 2 aromatic carbocycles. The second kappa shape index (κ2) is 9.73. The number of benzene rings is 2. The van der Waals surface area contributed by atoms with E-state index in [0.717, 1.165) is 5.56 Å². The van der Waals surface area contributed by atoms with Crippen molar-refractivity contribution in [1.29, 1.82) is 0 Å². The highest BCUT2D eigenvalue weighted by Gasteiger charge is 2.14.